The van der Waals surface area contributed by atoms with Crippen LogP contribution in [0.15, 0.2) is 24.3 Å². The Morgan fingerprint density at radius 2 is 1.50 bits per heavy atom. The Morgan fingerprint density at radius 1 is 0.958 bits per heavy atom. The van der Waals surface area contributed by atoms with Crippen LogP contribution in [0.1, 0.15) is 83.1 Å². The topological polar surface area (TPSA) is 46.5 Å². The van der Waals surface area contributed by atoms with Gasteiger partial charge in [0, 0.05) is 0 Å². The number of unbranched alkanes of at least 4 members (excludes halogenated alkanes) is 9. The zero-order valence-electron chi connectivity index (χ0n) is 15.4. The van der Waals surface area contributed by atoms with Crippen molar-refractivity contribution in [2.24, 2.45) is 0 Å². The molecule has 1 unspecified atom stereocenters. The zero-order valence-corrected chi connectivity index (χ0v) is 15.4. The van der Waals surface area contributed by atoms with Crippen LogP contribution in [0.4, 0.5) is 0 Å². The summed E-state index contributed by atoms with van der Waals surface area (Å²) in [5, 5.41) is 9.34. The summed E-state index contributed by atoms with van der Waals surface area (Å²) in [6, 6.07) is 7.58. The van der Waals surface area contributed by atoms with E-state index in [-0.39, 0.29) is 0 Å². The van der Waals surface area contributed by atoms with E-state index in [2.05, 4.69) is 6.92 Å². The first-order valence-corrected chi connectivity index (χ1v) is 9.60. The first kappa shape index (κ1) is 20.5. The second kappa shape index (κ2) is 12.9. The third-order valence-corrected chi connectivity index (χ3v) is 4.46. The van der Waals surface area contributed by atoms with E-state index < -0.39 is 12.1 Å². The van der Waals surface area contributed by atoms with Gasteiger partial charge < -0.3 is 9.84 Å². The highest BCUT2D eigenvalue weighted by Crippen LogP contribution is 2.20. The Hall–Kier alpha value is -1.51. The molecule has 0 saturated heterocycles. The lowest BCUT2D eigenvalue weighted by Gasteiger charge is -2.16. The molecule has 0 aromatic heterocycles. The first-order valence-electron chi connectivity index (χ1n) is 9.60. The zero-order chi connectivity index (χ0) is 17.6. The highest BCUT2D eigenvalue weighted by Gasteiger charge is 2.19. The standard InChI is InChI=1S/C21H34O3/c1-3-4-5-6-7-8-9-10-11-12-17-20(21(22)23)24-19-16-14-13-15-18(19)2/h13-16,20H,3-12,17H2,1-2H3,(H,22,23). The molecule has 0 bridgehead atoms. The minimum atomic E-state index is -0.867. The number of ether oxygens (including phenoxy) is 1. The summed E-state index contributed by atoms with van der Waals surface area (Å²) in [6.45, 7) is 4.18. The average molecular weight is 335 g/mol. The fourth-order valence-electron chi connectivity index (χ4n) is 2.89. The monoisotopic (exact) mass is 334 g/mol. The summed E-state index contributed by atoms with van der Waals surface area (Å²) in [4.78, 5) is 11.4. The van der Waals surface area contributed by atoms with Crippen LogP contribution in [0.3, 0.4) is 0 Å². The maximum absolute atomic E-state index is 11.4. The maximum atomic E-state index is 11.4. The molecule has 136 valence electrons. The van der Waals surface area contributed by atoms with E-state index >= 15 is 0 Å². The van der Waals surface area contributed by atoms with E-state index in [0.717, 1.165) is 18.4 Å². The molecule has 0 aliphatic rings. The number of hydrogen-bond donors (Lipinski definition) is 1. The van der Waals surface area contributed by atoms with Crippen molar-refractivity contribution in [3.05, 3.63) is 29.8 Å². The van der Waals surface area contributed by atoms with E-state index in [1.807, 2.05) is 31.2 Å². The molecule has 0 heterocycles. The summed E-state index contributed by atoms with van der Waals surface area (Å²) in [6.07, 6.45) is 12.4. The van der Waals surface area contributed by atoms with Gasteiger partial charge >= 0.3 is 5.97 Å². The Labute approximate surface area is 147 Å². The lowest BCUT2D eigenvalue weighted by Crippen LogP contribution is -2.27. The molecule has 0 aliphatic heterocycles. The first-order chi connectivity index (χ1) is 11.6. The molecule has 1 aromatic rings. The SMILES string of the molecule is CCCCCCCCCCCCC(Oc1ccccc1C)C(=O)O. The predicted molar refractivity (Wildman–Crippen MR) is 99.7 cm³/mol. The number of carbonyl (C=O) groups is 1. The number of benzene rings is 1. The van der Waals surface area contributed by atoms with Crippen molar-refractivity contribution in [3.8, 4) is 5.75 Å². The van der Waals surface area contributed by atoms with E-state index in [4.69, 9.17) is 4.74 Å². The van der Waals surface area contributed by atoms with Gasteiger partial charge in [-0.05, 0) is 31.4 Å². The molecular weight excluding hydrogens is 300 g/mol. The number of hydrogen-bond acceptors (Lipinski definition) is 2. The number of para-hydroxylation sites is 1. The minimum Gasteiger partial charge on any atom is -0.479 e. The van der Waals surface area contributed by atoms with Crippen LogP contribution in [-0.2, 0) is 4.79 Å². The fraction of sp³-hybridized carbons (Fsp3) is 0.667. The van der Waals surface area contributed by atoms with Crippen LogP contribution in [-0.4, -0.2) is 17.2 Å². The number of aryl methyl sites for hydroxylation is 1. The maximum Gasteiger partial charge on any atom is 0.344 e. The van der Waals surface area contributed by atoms with Crippen LogP contribution in [0.2, 0.25) is 0 Å². The van der Waals surface area contributed by atoms with Gasteiger partial charge in [-0.25, -0.2) is 4.79 Å². The molecule has 1 rings (SSSR count). The molecular formula is C21H34O3. The van der Waals surface area contributed by atoms with Gasteiger partial charge in [0.05, 0.1) is 0 Å². The second-order valence-electron chi connectivity index (χ2n) is 6.68. The van der Waals surface area contributed by atoms with Gasteiger partial charge in [0.2, 0.25) is 0 Å². The Balaban J connectivity index is 2.14. The van der Waals surface area contributed by atoms with Crippen molar-refractivity contribution >= 4 is 5.97 Å². The smallest absolute Gasteiger partial charge is 0.344 e. The van der Waals surface area contributed by atoms with Gasteiger partial charge in [-0.3, -0.25) is 0 Å². The molecule has 1 aromatic carbocycles. The van der Waals surface area contributed by atoms with Gasteiger partial charge in [-0.15, -0.1) is 0 Å². The lowest BCUT2D eigenvalue weighted by molar-refractivity contribution is -0.145. The number of carboxylic acid groups (broad SMARTS) is 1. The van der Waals surface area contributed by atoms with Gasteiger partial charge in [-0.2, -0.15) is 0 Å². The normalized spacial score (nSPS) is 12.1. The van der Waals surface area contributed by atoms with E-state index in [0.29, 0.717) is 12.2 Å². The van der Waals surface area contributed by atoms with Crippen molar-refractivity contribution < 1.29 is 14.6 Å². The number of rotatable bonds is 14. The van der Waals surface area contributed by atoms with Crippen LogP contribution >= 0.6 is 0 Å². The minimum absolute atomic E-state index is 0.583. The average Bonchev–Trinajstić information content (AvgIpc) is 2.57. The van der Waals surface area contributed by atoms with Gasteiger partial charge in [0.15, 0.2) is 6.10 Å². The summed E-state index contributed by atoms with van der Waals surface area (Å²) in [5.41, 5.74) is 0.979. The second-order valence-corrected chi connectivity index (χ2v) is 6.68. The van der Waals surface area contributed by atoms with Crippen LogP contribution in [0, 0.1) is 6.92 Å². The summed E-state index contributed by atoms with van der Waals surface area (Å²) >= 11 is 0. The van der Waals surface area contributed by atoms with Crippen molar-refractivity contribution in [2.75, 3.05) is 0 Å². The van der Waals surface area contributed by atoms with Crippen molar-refractivity contribution in [2.45, 2.75) is 90.6 Å². The third kappa shape index (κ3) is 8.95. The van der Waals surface area contributed by atoms with Gasteiger partial charge in [0.1, 0.15) is 5.75 Å². The summed E-state index contributed by atoms with van der Waals surface area (Å²) < 4.78 is 5.69. The molecule has 0 spiro atoms. The molecule has 0 amide bonds. The van der Waals surface area contributed by atoms with Crippen molar-refractivity contribution in [1.29, 1.82) is 0 Å². The summed E-state index contributed by atoms with van der Waals surface area (Å²) in [5.74, 6) is -0.189. The van der Waals surface area contributed by atoms with Crippen molar-refractivity contribution in [3.63, 3.8) is 0 Å². The lowest BCUT2D eigenvalue weighted by atomic mass is 10.0. The quantitative estimate of drug-likeness (QED) is 0.416. The Morgan fingerprint density at radius 3 is 2.04 bits per heavy atom. The molecule has 0 radical (unpaired) electrons. The van der Waals surface area contributed by atoms with E-state index in [1.165, 1.54) is 51.4 Å². The number of carboxylic acids is 1. The van der Waals surface area contributed by atoms with Gasteiger partial charge in [0.25, 0.3) is 0 Å². The molecule has 3 nitrogen and oxygen atoms in total. The predicted octanol–water partition coefficient (Wildman–Crippen LogP) is 6.14. The molecule has 0 saturated carbocycles. The summed E-state index contributed by atoms with van der Waals surface area (Å²) in [7, 11) is 0. The third-order valence-electron chi connectivity index (χ3n) is 4.46. The van der Waals surface area contributed by atoms with Crippen LogP contribution in [0.25, 0.3) is 0 Å². The molecule has 0 fully saturated rings. The largest absolute Gasteiger partial charge is 0.479 e. The van der Waals surface area contributed by atoms with Crippen LogP contribution < -0.4 is 4.74 Å². The van der Waals surface area contributed by atoms with E-state index in [9.17, 15) is 9.90 Å². The van der Waals surface area contributed by atoms with E-state index in [1.54, 1.807) is 0 Å². The van der Waals surface area contributed by atoms with Gasteiger partial charge in [-0.1, -0.05) is 82.9 Å². The molecule has 1 N–H and O–H groups in total. The number of aliphatic carboxylic acids is 1. The molecule has 3 heteroatoms. The fourth-order valence-corrected chi connectivity index (χ4v) is 2.89. The Bertz CT molecular complexity index is 456. The Kier molecular flexibility index (Phi) is 11.0. The van der Waals surface area contributed by atoms with Crippen LogP contribution in [0.5, 0.6) is 5.75 Å². The molecule has 24 heavy (non-hydrogen) atoms. The highest BCUT2D eigenvalue weighted by atomic mass is 16.5. The highest BCUT2D eigenvalue weighted by molar-refractivity contribution is 5.72. The molecule has 0 aliphatic carbocycles. The molecule has 1 atom stereocenters. The van der Waals surface area contributed by atoms with Crippen molar-refractivity contribution in [1.82, 2.24) is 0 Å².